The van der Waals surface area contributed by atoms with Crippen LogP contribution in [0.3, 0.4) is 0 Å². The van der Waals surface area contributed by atoms with Crippen LogP contribution in [0.25, 0.3) is 0 Å². The number of aromatic nitrogens is 2. The summed E-state index contributed by atoms with van der Waals surface area (Å²) < 4.78 is 0. The minimum Gasteiger partial charge on any atom is -0.344 e. The first-order valence-electron chi connectivity index (χ1n) is 7.15. The largest absolute Gasteiger partial charge is 0.344 e. The Labute approximate surface area is 116 Å². The lowest BCUT2D eigenvalue weighted by Gasteiger charge is -2.12. The Kier molecular flexibility index (Phi) is 7.36. The molecule has 0 aliphatic rings. The maximum absolute atomic E-state index is 6.12. The Hall–Kier alpha value is -0.540. The van der Waals surface area contributed by atoms with Crippen LogP contribution in [-0.4, -0.2) is 16.5 Å². The number of nitrogens with zero attached hydrogens (tertiary/aromatic N) is 1. The molecule has 0 amide bonds. The van der Waals surface area contributed by atoms with Crippen LogP contribution in [0.15, 0.2) is 0 Å². The third kappa shape index (κ3) is 4.99. The van der Waals surface area contributed by atoms with E-state index in [-0.39, 0.29) is 0 Å². The summed E-state index contributed by atoms with van der Waals surface area (Å²) in [4.78, 5) is 7.68. The Bertz CT molecular complexity index is 332. The van der Waals surface area contributed by atoms with Crippen LogP contribution in [0.4, 0.5) is 0 Å². The summed E-state index contributed by atoms with van der Waals surface area (Å²) in [6, 6.07) is 0. The fourth-order valence-electron chi connectivity index (χ4n) is 2.00. The van der Waals surface area contributed by atoms with Gasteiger partial charge in [-0.1, -0.05) is 51.6 Å². The normalized spacial score (nSPS) is 11.4. The Morgan fingerprint density at radius 1 is 1.28 bits per heavy atom. The Morgan fingerprint density at radius 2 is 2.00 bits per heavy atom. The first-order valence-corrected chi connectivity index (χ1v) is 7.52. The van der Waals surface area contributed by atoms with E-state index in [0.29, 0.717) is 5.15 Å². The maximum atomic E-state index is 6.12. The van der Waals surface area contributed by atoms with Crippen molar-refractivity contribution in [2.45, 2.75) is 59.4 Å². The Morgan fingerprint density at radius 3 is 2.61 bits per heavy atom. The molecule has 0 saturated heterocycles. The maximum Gasteiger partial charge on any atom is 0.151 e. The van der Waals surface area contributed by atoms with E-state index in [9.17, 15) is 0 Å². The van der Waals surface area contributed by atoms with Crippen LogP contribution in [0, 0.1) is 5.92 Å². The minimum absolute atomic E-state index is 0.623. The van der Waals surface area contributed by atoms with Crippen LogP contribution in [0.2, 0.25) is 5.15 Å². The molecule has 0 atom stereocenters. The molecule has 2 N–H and O–H groups in total. The summed E-state index contributed by atoms with van der Waals surface area (Å²) in [5.74, 6) is 1.77. The number of aromatic amines is 1. The molecule has 0 saturated carbocycles. The summed E-state index contributed by atoms with van der Waals surface area (Å²) in [5, 5.41) is 4.08. The number of nitrogens with one attached hydrogen (secondary N) is 2. The average Bonchev–Trinajstić information content (AvgIpc) is 2.73. The van der Waals surface area contributed by atoms with Crippen molar-refractivity contribution in [1.82, 2.24) is 15.3 Å². The topological polar surface area (TPSA) is 40.7 Å². The molecule has 0 fully saturated rings. The predicted molar refractivity (Wildman–Crippen MR) is 78.0 cm³/mol. The first kappa shape index (κ1) is 15.5. The highest BCUT2D eigenvalue weighted by atomic mass is 35.5. The predicted octanol–water partition coefficient (Wildman–Crippen LogP) is 3.93. The summed E-state index contributed by atoms with van der Waals surface area (Å²) in [6.07, 6.45) is 5.78. The van der Waals surface area contributed by atoms with Gasteiger partial charge >= 0.3 is 0 Å². The van der Waals surface area contributed by atoms with Crippen LogP contribution in [-0.2, 0) is 13.0 Å². The molecule has 0 aliphatic heterocycles. The Balaban J connectivity index is 2.39. The van der Waals surface area contributed by atoms with Gasteiger partial charge in [-0.25, -0.2) is 4.98 Å². The van der Waals surface area contributed by atoms with Gasteiger partial charge in [0.15, 0.2) is 5.15 Å². The van der Waals surface area contributed by atoms with E-state index >= 15 is 0 Å². The monoisotopic (exact) mass is 271 g/mol. The quantitative estimate of drug-likeness (QED) is 0.714. The highest BCUT2D eigenvalue weighted by Gasteiger charge is 2.08. The van der Waals surface area contributed by atoms with Crippen LogP contribution in [0.5, 0.6) is 0 Å². The zero-order valence-electron chi connectivity index (χ0n) is 11.9. The molecule has 3 nitrogen and oxygen atoms in total. The summed E-state index contributed by atoms with van der Waals surface area (Å²) in [5.41, 5.74) is 1.02. The fraction of sp³-hybridized carbons (Fsp3) is 0.786. The molecule has 0 radical (unpaired) electrons. The molecule has 1 heterocycles. The second kappa shape index (κ2) is 8.54. The molecule has 0 unspecified atom stereocenters. The lowest BCUT2D eigenvalue weighted by molar-refractivity contribution is 0.448. The third-order valence-corrected chi connectivity index (χ3v) is 3.75. The number of unbranched alkanes of at least 4 members (excludes halogenated alkanes) is 1. The number of H-pyrrole nitrogens is 1. The van der Waals surface area contributed by atoms with E-state index in [1.165, 1.54) is 19.3 Å². The lowest BCUT2D eigenvalue weighted by atomic mass is 10.0. The first-order chi connectivity index (χ1) is 8.71. The fourth-order valence-corrected chi connectivity index (χ4v) is 2.21. The molecule has 1 aromatic rings. The van der Waals surface area contributed by atoms with E-state index in [4.69, 9.17) is 11.6 Å². The van der Waals surface area contributed by atoms with Crippen molar-refractivity contribution < 1.29 is 0 Å². The second-order valence-electron chi connectivity index (χ2n) is 4.87. The molecular formula is C14H26ClN3. The number of halogens is 1. The zero-order chi connectivity index (χ0) is 13.4. The van der Waals surface area contributed by atoms with Crippen LogP contribution < -0.4 is 5.32 Å². The van der Waals surface area contributed by atoms with Gasteiger partial charge in [0.25, 0.3) is 0 Å². The smallest absolute Gasteiger partial charge is 0.151 e. The van der Waals surface area contributed by atoms with Gasteiger partial charge in [0.1, 0.15) is 5.82 Å². The number of aryl methyl sites for hydroxylation is 1. The number of imidazole rings is 1. The SMILES string of the molecule is CCCCc1nc(Cl)c(CNCC(CC)CC)[nH]1. The summed E-state index contributed by atoms with van der Waals surface area (Å²) in [6.45, 7) is 8.49. The van der Waals surface area contributed by atoms with Crippen molar-refractivity contribution in [3.8, 4) is 0 Å². The molecule has 0 aliphatic carbocycles. The van der Waals surface area contributed by atoms with E-state index in [1.807, 2.05) is 0 Å². The van der Waals surface area contributed by atoms with Gasteiger partial charge in [-0.3, -0.25) is 0 Å². The molecule has 1 aromatic heterocycles. The van der Waals surface area contributed by atoms with Crippen LogP contribution in [0.1, 0.15) is 58.0 Å². The zero-order valence-corrected chi connectivity index (χ0v) is 12.6. The van der Waals surface area contributed by atoms with Crippen molar-refractivity contribution in [3.63, 3.8) is 0 Å². The van der Waals surface area contributed by atoms with Gasteiger partial charge in [0.2, 0.25) is 0 Å². The van der Waals surface area contributed by atoms with Gasteiger partial charge in [0, 0.05) is 13.0 Å². The lowest BCUT2D eigenvalue weighted by Crippen LogP contribution is -2.22. The highest BCUT2D eigenvalue weighted by molar-refractivity contribution is 6.30. The summed E-state index contributed by atoms with van der Waals surface area (Å²) >= 11 is 6.12. The highest BCUT2D eigenvalue weighted by Crippen LogP contribution is 2.14. The third-order valence-electron chi connectivity index (χ3n) is 3.43. The van der Waals surface area contributed by atoms with E-state index in [2.05, 4.69) is 36.1 Å². The molecule has 0 bridgehead atoms. The number of rotatable bonds is 9. The molecule has 104 valence electrons. The molecule has 18 heavy (non-hydrogen) atoms. The molecule has 4 heteroatoms. The van der Waals surface area contributed by atoms with Gasteiger partial charge in [0.05, 0.1) is 5.69 Å². The van der Waals surface area contributed by atoms with Crippen molar-refractivity contribution in [2.75, 3.05) is 6.54 Å². The van der Waals surface area contributed by atoms with Crippen molar-refractivity contribution in [2.24, 2.45) is 5.92 Å². The molecular weight excluding hydrogens is 246 g/mol. The second-order valence-corrected chi connectivity index (χ2v) is 5.23. The van der Waals surface area contributed by atoms with Crippen molar-refractivity contribution in [3.05, 3.63) is 16.7 Å². The van der Waals surface area contributed by atoms with Crippen molar-refractivity contribution in [1.29, 1.82) is 0 Å². The molecule has 1 rings (SSSR count). The summed E-state index contributed by atoms with van der Waals surface area (Å²) in [7, 11) is 0. The van der Waals surface area contributed by atoms with Gasteiger partial charge in [-0.2, -0.15) is 0 Å². The number of hydrogen-bond acceptors (Lipinski definition) is 2. The van der Waals surface area contributed by atoms with Gasteiger partial charge in [-0.05, 0) is 18.9 Å². The standard InChI is InChI=1S/C14H26ClN3/c1-4-7-8-13-17-12(14(15)18-13)10-16-9-11(5-2)6-3/h11,16H,4-10H2,1-3H3,(H,17,18). The molecule has 0 spiro atoms. The van der Waals surface area contributed by atoms with Crippen molar-refractivity contribution >= 4 is 11.6 Å². The minimum atomic E-state index is 0.623. The van der Waals surface area contributed by atoms with E-state index < -0.39 is 0 Å². The average molecular weight is 272 g/mol. The van der Waals surface area contributed by atoms with Gasteiger partial charge < -0.3 is 10.3 Å². The van der Waals surface area contributed by atoms with Gasteiger partial charge in [-0.15, -0.1) is 0 Å². The van der Waals surface area contributed by atoms with Crippen LogP contribution >= 0.6 is 11.6 Å². The molecule has 0 aromatic carbocycles. The van der Waals surface area contributed by atoms with E-state index in [0.717, 1.165) is 43.4 Å². The van der Waals surface area contributed by atoms with E-state index in [1.54, 1.807) is 0 Å². The number of hydrogen-bond donors (Lipinski definition) is 2.